The quantitative estimate of drug-likeness (QED) is 0.747. The number of fused-ring (bicyclic) bond motifs is 1. The van der Waals surface area contributed by atoms with Crippen LogP contribution in [0.25, 0.3) is 0 Å². The van der Waals surface area contributed by atoms with E-state index >= 15 is 0 Å². The van der Waals surface area contributed by atoms with Crippen molar-refractivity contribution in [2.24, 2.45) is 5.73 Å². The van der Waals surface area contributed by atoms with Crippen LogP contribution in [0.1, 0.15) is 36.2 Å². The van der Waals surface area contributed by atoms with Crippen LogP contribution in [0.3, 0.4) is 0 Å². The van der Waals surface area contributed by atoms with Crippen LogP contribution in [0.5, 0.6) is 5.75 Å². The summed E-state index contributed by atoms with van der Waals surface area (Å²) in [4.78, 5) is 0. The van der Waals surface area contributed by atoms with Crippen LogP contribution in [-0.2, 0) is 0 Å². The fourth-order valence-electron chi connectivity index (χ4n) is 1.93. The third-order valence-corrected chi connectivity index (χ3v) is 2.76. The van der Waals surface area contributed by atoms with Crippen LogP contribution in [0.15, 0.2) is 18.2 Å². The van der Waals surface area contributed by atoms with E-state index in [1.165, 1.54) is 0 Å². The predicted molar refractivity (Wildman–Crippen MR) is 53.0 cm³/mol. The fraction of sp³-hybridized carbons (Fsp3) is 0.455. The molecule has 1 aliphatic carbocycles. The van der Waals surface area contributed by atoms with Gasteiger partial charge >= 0.3 is 0 Å². The van der Waals surface area contributed by atoms with Gasteiger partial charge in [-0.15, -0.1) is 0 Å². The molecule has 2 atom stereocenters. The number of benzene rings is 1. The lowest BCUT2D eigenvalue weighted by atomic mass is 9.87. The van der Waals surface area contributed by atoms with Crippen LogP contribution in [0, 0.1) is 0 Å². The van der Waals surface area contributed by atoms with Crippen LogP contribution in [-0.4, -0.2) is 7.11 Å². The highest BCUT2D eigenvalue weighted by molar-refractivity contribution is 5.40. The van der Waals surface area contributed by atoms with Gasteiger partial charge in [0.1, 0.15) is 11.9 Å². The minimum atomic E-state index is -0.889. The van der Waals surface area contributed by atoms with Gasteiger partial charge in [0.25, 0.3) is 0 Å². The van der Waals surface area contributed by atoms with E-state index in [9.17, 15) is 4.39 Å². The molecule has 2 nitrogen and oxygen atoms in total. The molecule has 0 aromatic heterocycles. The Morgan fingerprint density at radius 3 is 2.86 bits per heavy atom. The lowest BCUT2D eigenvalue weighted by Crippen LogP contribution is -2.18. The summed E-state index contributed by atoms with van der Waals surface area (Å²) in [6.45, 7) is 0. The summed E-state index contributed by atoms with van der Waals surface area (Å²) >= 11 is 0. The standard InChI is InChI=1S/C11H14FNO/c1-14-7-2-3-8-9(6-7)10(12)4-5-11(8)13/h2-3,6,10-11H,4-5,13H2,1H3. The highest BCUT2D eigenvalue weighted by Crippen LogP contribution is 2.38. The Labute approximate surface area is 82.9 Å². The molecule has 2 N–H and O–H groups in total. The first-order valence-electron chi connectivity index (χ1n) is 4.80. The van der Waals surface area contributed by atoms with Crippen molar-refractivity contribution in [2.45, 2.75) is 25.1 Å². The van der Waals surface area contributed by atoms with Crippen molar-refractivity contribution in [1.82, 2.24) is 0 Å². The molecule has 2 unspecified atom stereocenters. The Bertz CT molecular complexity index is 340. The van der Waals surface area contributed by atoms with Gasteiger partial charge in [0.2, 0.25) is 0 Å². The van der Waals surface area contributed by atoms with E-state index in [0.29, 0.717) is 17.7 Å². The van der Waals surface area contributed by atoms with Gasteiger partial charge in [-0.25, -0.2) is 4.39 Å². The van der Waals surface area contributed by atoms with E-state index in [-0.39, 0.29) is 6.04 Å². The molecule has 1 aromatic rings. The molecule has 1 aromatic carbocycles. The Morgan fingerprint density at radius 1 is 1.36 bits per heavy atom. The van der Waals surface area contributed by atoms with Crippen molar-refractivity contribution in [3.63, 3.8) is 0 Å². The first kappa shape index (κ1) is 9.46. The second kappa shape index (κ2) is 3.58. The first-order valence-corrected chi connectivity index (χ1v) is 4.80. The van der Waals surface area contributed by atoms with Gasteiger partial charge in [-0.1, -0.05) is 6.07 Å². The SMILES string of the molecule is COc1ccc2c(c1)C(F)CCC2N. The van der Waals surface area contributed by atoms with E-state index in [1.807, 2.05) is 12.1 Å². The van der Waals surface area contributed by atoms with Crippen LogP contribution in [0.4, 0.5) is 4.39 Å². The van der Waals surface area contributed by atoms with Gasteiger partial charge in [-0.05, 0) is 36.1 Å². The number of hydrogen-bond donors (Lipinski definition) is 1. The van der Waals surface area contributed by atoms with Crippen molar-refractivity contribution in [1.29, 1.82) is 0 Å². The largest absolute Gasteiger partial charge is 0.497 e. The zero-order valence-corrected chi connectivity index (χ0v) is 8.16. The maximum absolute atomic E-state index is 13.6. The molecule has 0 spiro atoms. The van der Waals surface area contributed by atoms with Gasteiger partial charge in [0, 0.05) is 6.04 Å². The predicted octanol–water partition coefficient (Wildman–Crippen LogP) is 2.50. The van der Waals surface area contributed by atoms with E-state index in [4.69, 9.17) is 10.5 Å². The van der Waals surface area contributed by atoms with E-state index in [1.54, 1.807) is 13.2 Å². The molecule has 14 heavy (non-hydrogen) atoms. The highest BCUT2D eigenvalue weighted by atomic mass is 19.1. The highest BCUT2D eigenvalue weighted by Gasteiger charge is 2.24. The molecule has 0 heterocycles. The summed E-state index contributed by atoms with van der Waals surface area (Å²) in [5, 5.41) is 0. The molecule has 0 aliphatic heterocycles. The Kier molecular flexibility index (Phi) is 2.42. The van der Waals surface area contributed by atoms with Crippen LogP contribution in [0.2, 0.25) is 0 Å². The van der Waals surface area contributed by atoms with Crippen molar-refractivity contribution >= 4 is 0 Å². The van der Waals surface area contributed by atoms with Crippen LogP contribution >= 0.6 is 0 Å². The Balaban J connectivity index is 2.45. The zero-order chi connectivity index (χ0) is 10.1. The number of methoxy groups -OCH3 is 1. The molecule has 0 bridgehead atoms. The molecule has 0 radical (unpaired) electrons. The Morgan fingerprint density at radius 2 is 2.14 bits per heavy atom. The second-order valence-electron chi connectivity index (χ2n) is 3.65. The topological polar surface area (TPSA) is 35.2 Å². The summed E-state index contributed by atoms with van der Waals surface area (Å²) in [6, 6.07) is 5.42. The zero-order valence-electron chi connectivity index (χ0n) is 8.16. The molecule has 76 valence electrons. The normalized spacial score (nSPS) is 25.6. The molecule has 2 rings (SSSR count). The van der Waals surface area contributed by atoms with Gasteiger partial charge in [0.15, 0.2) is 0 Å². The van der Waals surface area contributed by atoms with Crippen LogP contribution < -0.4 is 10.5 Å². The third kappa shape index (κ3) is 1.48. The molecule has 0 saturated heterocycles. The number of rotatable bonds is 1. The summed E-state index contributed by atoms with van der Waals surface area (Å²) in [7, 11) is 1.58. The maximum atomic E-state index is 13.6. The molecule has 0 fully saturated rings. The second-order valence-corrected chi connectivity index (χ2v) is 3.65. The monoisotopic (exact) mass is 195 g/mol. The molecule has 0 amide bonds. The molecule has 0 saturated carbocycles. The molecular weight excluding hydrogens is 181 g/mol. The lowest BCUT2D eigenvalue weighted by Gasteiger charge is -2.25. The lowest BCUT2D eigenvalue weighted by molar-refractivity contribution is 0.287. The smallest absolute Gasteiger partial charge is 0.126 e. The molecular formula is C11H14FNO. The summed E-state index contributed by atoms with van der Waals surface area (Å²) < 4.78 is 18.6. The van der Waals surface area contributed by atoms with E-state index in [0.717, 1.165) is 12.0 Å². The van der Waals surface area contributed by atoms with Gasteiger partial charge in [-0.2, -0.15) is 0 Å². The van der Waals surface area contributed by atoms with Crippen molar-refractivity contribution < 1.29 is 9.13 Å². The average molecular weight is 195 g/mol. The summed E-state index contributed by atoms with van der Waals surface area (Å²) in [6.07, 6.45) is 0.349. The van der Waals surface area contributed by atoms with Crippen molar-refractivity contribution in [3.05, 3.63) is 29.3 Å². The van der Waals surface area contributed by atoms with Gasteiger partial charge < -0.3 is 10.5 Å². The van der Waals surface area contributed by atoms with E-state index in [2.05, 4.69) is 0 Å². The Hall–Kier alpha value is -1.09. The summed E-state index contributed by atoms with van der Waals surface area (Å²) in [5.74, 6) is 0.695. The van der Waals surface area contributed by atoms with E-state index < -0.39 is 6.17 Å². The number of ether oxygens (including phenoxy) is 1. The molecule has 1 aliphatic rings. The minimum absolute atomic E-state index is 0.0251. The number of alkyl halides is 1. The first-order chi connectivity index (χ1) is 6.72. The minimum Gasteiger partial charge on any atom is -0.497 e. The number of halogens is 1. The van der Waals surface area contributed by atoms with Gasteiger partial charge in [-0.3, -0.25) is 0 Å². The maximum Gasteiger partial charge on any atom is 0.126 e. The average Bonchev–Trinajstić information content (AvgIpc) is 2.23. The summed E-state index contributed by atoms with van der Waals surface area (Å²) in [5.41, 5.74) is 7.51. The number of nitrogens with two attached hydrogens (primary N) is 1. The third-order valence-electron chi connectivity index (χ3n) is 2.76. The molecule has 3 heteroatoms. The van der Waals surface area contributed by atoms with Gasteiger partial charge in [0.05, 0.1) is 7.11 Å². The van der Waals surface area contributed by atoms with Crippen molar-refractivity contribution in [3.8, 4) is 5.75 Å². The van der Waals surface area contributed by atoms with Crippen molar-refractivity contribution in [2.75, 3.05) is 7.11 Å². The fourth-order valence-corrected chi connectivity index (χ4v) is 1.93. The number of hydrogen-bond acceptors (Lipinski definition) is 2.